The van der Waals surface area contributed by atoms with Crippen LogP contribution in [0.15, 0.2) is 55.1 Å². The number of benzene rings is 1. The molecule has 0 aliphatic heterocycles. The average molecular weight is 400 g/mol. The Hall–Kier alpha value is -3.94. The van der Waals surface area contributed by atoms with Crippen molar-refractivity contribution in [3.8, 4) is 17.2 Å². The van der Waals surface area contributed by atoms with Crippen molar-refractivity contribution in [2.75, 3.05) is 7.11 Å². The Bertz CT molecular complexity index is 1340. The first-order chi connectivity index (χ1) is 14.7. The van der Waals surface area contributed by atoms with Crippen LogP contribution in [0.1, 0.15) is 17.1 Å². The molecule has 5 aromatic rings. The molecule has 8 nitrogen and oxygen atoms in total. The Balaban J connectivity index is 1.53. The maximum absolute atomic E-state index is 5.83. The van der Waals surface area contributed by atoms with Gasteiger partial charge < -0.3 is 9.47 Å². The van der Waals surface area contributed by atoms with Gasteiger partial charge in [-0.25, -0.2) is 14.5 Å². The highest BCUT2D eigenvalue weighted by Gasteiger charge is 2.19. The van der Waals surface area contributed by atoms with Gasteiger partial charge in [0.2, 0.25) is 0 Å². The van der Waals surface area contributed by atoms with E-state index in [0.717, 1.165) is 45.1 Å². The Morgan fingerprint density at radius 3 is 2.53 bits per heavy atom. The summed E-state index contributed by atoms with van der Waals surface area (Å²) in [7, 11) is 1.64. The molecule has 1 aromatic carbocycles. The van der Waals surface area contributed by atoms with Crippen molar-refractivity contribution in [2.45, 2.75) is 20.5 Å². The standard InChI is InChI=1S/C22H20N6O2/c1-14-15(2)28(16-5-4-10-23-11-16)21-20(14)22-25-19(26-27(22)13-24-21)12-30-18-8-6-17(29-3)7-9-18/h4-11,13H,12H2,1-3H3. The molecular weight excluding hydrogens is 380 g/mol. The van der Waals surface area contributed by atoms with Gasteiger partial charge in [0.1, 0.15) is 24.4 Å². The molecule has 0 N–H and O–H groups in total. The van der Waals surface area contributed by atoms with Crippen LogP contribution in [0.25, 0.3) is 22.4 Å². The molecule has 0 radical (unpaired) electrons. The lowest BCUT2D eigenvalue weighted by Gasteiger charge is -2.06. The van der Waals surface area contributed by atoms with Gasteiger partial charge in [-0.15, -0.1) is 5.10 Å². The third-order valence-corrected chi connectivity index (χ3v) is 5.21. The summed E-state index contributed by atoms with van der Waals surface area (Å²) in [5, 5.41) is 5.51. The highest BCUT2D eigenvalue weighted by atomic mass is 16.5. The summed E-state index contributed by atoms with van der Waals surface area (Å²) in [5.74, 6) is 2.10. The van der Waals surface area contributed by atoms with Crippen molar-refractivity contribution in [3.05, 3.63) is 72.2 Å². The molecule has 30 heavy (non-hydrogen) atoms. The second kappa shape index (κ2) is 7.14. The van der Waals surface area contributed by atoms with Gasteiger partial charge in [0.25, 0.3) is 0 Å². The Morgan fingerprint density at radius 1 is 1.00 bits per heavy atom. The van der Waals surface area contributed by atoms with E-state index in [1.165, 1.54) is 0 Å². The first-order valence-electron chi connectivity index (χ1n) is 9.55. The Labute approximate surface area is 172 Å². The molecule has 0 aliphatic carbocycles. The van der Waals surface area contributed by atoms with E-state index in [9.17, 15) is 0 Å². The van der Waals surface area contributed by atoms with Gasteiger partial charge in [-0.2, -0.15) is 0 Å². The fourth-order valence-electron chi connectivity index (χ4n) is 3.59. The molecular formula is C22H20N6O2. The van der Waals surface area contributed by atoms with E-state index in [4.69, 9.17) is 14.5 Å². The largest absolute Gasteiger partial charge is 0.497 e. The maximum atomic E-state index is 5.83. The van der Waals surface area contributed by atoms with E-state index in [0.29, 0.717) is 5.82 Å². The second-order valence-electron chi connectivity index (χ2n) is 6.96. The average Bonchev–Trinajstić information content (AvgIpc) is 3.31. The Morgan fingerprint density at radius 2 is 1.80 bits per heavy atom. The van der Waals surface area contributed by atoms with E-state index in [1.807, 2.05) is 42.6 Å². The van der Waals surface area contributed by atoms with Gasteiger partial charge >= 0.3 is 0 Å². The van der Waals surface area contributed by atoms with Gasteiger partial charge in [-0.1, -0.05) is 0 Å². The summed E-state index contributed by atoms with van der Waals surface area (Å²) in [4.78, 5) is 13.6. The molecule has 0 amide bonds. The number of aryl methyl sites for hydroxylation is 1. The summed E-state index contributed by atoms with van der Waals surface area (Å²) in [6.45, 7) is 4.41. The highest BCUT2D eigenvalue weighted by molar-refractivity contribution is 5.94. The smallest absolute Gasteiger partial charge is 0.189 e. The molecule has 0 saturated heterocycles. The zero-order valence-corrected chi connectivity index (χ0v) is 16.9. The summed E-state index contributed by atoms with van der Waals surface area (Å²) in [5.41, 5.74) is 4.77. The zero-order chi connectivity index (χ0) is 20.7. The van der Waals surface area contributed by atoms with E-state index in [2.05, 4.69) is 33.5 Å². The minimum atomic E-state index is 0.261. The van der Waals surface area contributed by atoms with Crippen LogP contribution in [0.2, 0.25) is 0 Å². The second-order valence-corrected chi connectivity index (χ2v) is 6.96. The predicted octanol–water partition coefficient (Wildman–Crippen LogP) is 3.67. The van der Waals surface area contributed by atoms with Gasteiger partial charge in [-0.05, 0) is 55.8 Å². The van der Waals surface area contributed by atoms with Gasteiger partial charge in [0.15, 0.2) is 17.1 Å². The molecule has 4 aromatic heterocycles. The lowest BCUT2D eigenvalue weighted by atomic mass is 10.2. The molecule has 0 saturated carbocycles. The first kappa shape index (κ1) is 18.1. The third kappa shape index (κ3) is 2.93. The number of methoxy groups -OCH3 is 1. The molecule has 0 fully saturated rings. The molecule has 8 heteroatoms. The van der Waals surface area contributed by atoms with Crippen LogP contribution in [-0.4, -0.2) is 36.2 Å². The topological polar surface area (TPSA) is 79.4 Å². The monoisotopic (exact) mass is 400 g/mol. The lowest BCUT2D eigenvalue weighted by molar-refractivity contribution is 0.295. The molecule has 0 spiro atoms. The van der Waals surface area contributed by atoms with E-state index in [1.54, 1.807) is 24.1 Å². The normalized spacial score (nSPS) is 11.3. The number of fused-ring (bicyclic) bond motifs is 3. The number of nitrogens with zero attached hydrogens (tertiary/aromatic N) is 6. The van der Waals surface area contributed by atoms with E-state index in [-0.39, 0.29) is 6.61 Å². The molecule has 0 unspecified atom stereocenters. The summed E-state index contributed by atoms with van der Waals surface area (Å²) in [6.07, 6.45) is 5.28. The lowest BCUT2D eigenvalue weighted by Crippen LogP contribution is -2.00. The van der Waals surface area contributed by atoms with Gasteiger partial charge in [0, 0.05) is 11.9 Å². The van der Waals surface area contributed by atoms with Gasteiger partial charge in [0.05, 0.1) is 24.4 Å². The molecule has 0 bridgehead atoms. The summed E-state index contributed by atoms with van der Waals surface area (Å²) < 4.78 is 14.8. The van der Waals surface area contributed by atoms with Crippen molar-refractivity contribution in [1.29, 1.82) is 0 Å². The fraction of sp³-hybridized carbons (Fsp3) is 0.182. The van der Waals surface area contributed by atoms with Crippen LogP contribution < -0.4 is 9.47 Å². The zero-order valence-electron chi connectivity index (χ0n) is 16.9. The van der Waals surface area contributed by atoms with Crippen LogP contribution in [0, 0.1) is 13.8 Å². The molecule has 5 rings (SSSR count). The minimum Gasteiger partial charge on any atom is -0.497 e. The van der Waals surface area contributed by atoms with Crippen molar-refractivity contribution in [3.63, 3.8) is 0 Å². The number of hydrogen-bond donors (Lipinski definition) is 0. The number of aromatic nitrogens is 6. The number of pyridine rings is 1. The first-order valence-corrected chi connectivity index (χ1v) is 9.55. The van der Waals surface area contributed by atoms with Crippen molar-refractivity contribution >= 4 is 16.7 Å². The van der Waals surface area contributed by atoms with Crippen LogP contribution in [0.4, 0.5) is 0 Å². The van der Waals surface area contributed by atoms with Crippen LogP contribution in [-0.2, 0) is 6.61 Å². The van der Waals surface area contributed by atoms with Crippen molar-refractivity contribution < 1.29 is 9.47 Å². The van der Waals surface area contributed by atoms with Gasteiger partial charge in [-0.3, -0.25) is 9.55 Å². The number of ether oxygens (including phenoxy) is 2. The van der Waals surface area contributed by atoms with Crippen LogP contribution in [0.5, 0.6) is 11.5 Å². The quantitative estimate of drug-likeness (QED) is 0.448. The minimum absolute atomic E-state index is 0.261. The van der Waals surface area contributed by atoms with E-state index >= 15 is 0 Å². The van der Waals surface area contributed by atoms with Crippen molar-refractivity contribution in [2.24, 2.45) is 0 Å². The highest BCUT2D eigenvalue weighted by Crippen LogP contribution is 2.29. The predicted molar refractivity (Wildman–Crippen MR) is 112 cm³/mol. The third-order valence-electron chi connectivity index (χ3n) is 5.21. The SMILES string of the molecule is COc1ccc(OCc2nc3c4c(C)c(C)n(-c5cccnc5)c4ncn3n2)cc1. The van der Waals surface area contributed by atoms with Crippen LogP contribution >= 0.6 is 0 Å². The summed E-state index contributed by atoms with van der Waals surface area (Å²) in [6, 6.07) is 11.4. The van der Waals surface area contributed by atoms with Crippen molar-refractivity contribution in [1.82, 2.24) is 29.1 Å². The maximum Gasteiger partial charge on any atom is 0.189 e. The molecule has 0 atom stereocenters. The number of hydrogen-bond acceptors (Lipinski definition) is 6. The molecule has 0 aliphatic rings. The van der Waals surface area contributed by atoms with Crippen LogP contribution in [0.3, 0.4) is 0 Å². The molecule has 150 valence electrons. The number of rotatable bonds is 5. The fourth-order valence-corrected chi connectivity index (χ4v) is 3.59. The Kier molecular flexibility index (Phi) is 4.31. The summed E-state index contributed by atoms with van der Waals surface area (Å²) >= 11 is 0. The molecule has 4 heterocycles. The van der Waals surface area contributed by atoms with E-state index < -0.39 is 0 Å².